The van der Waals surface area contributed by atoms with Crippen LogP contribution >= 0.6 is 0 Å². The number of nitrogens with two attached hydrogens (primary N) is 1. The van der Waals surface area contributed by atoms with Crippen LogP contribution in [0.25, 0.3) is 0 Å². The summed E-state index contributed by atoms with van der Waals surface area (Å²) in [6, 6.07) is 0. The van der Waals surface area contributed by atoms with Crippen LogP contribution in [0.1, 0.15) is 27.7 Å². The fraction of sp³-hybridized carbons (Fsp3) is 0.786. The number of hydrogen-bond acceptors (Lipinski definition) is 4. The predicted octanol–water partition coefficient (Wildman–Crippen LogP) is -0.0101. The van der Waals surface area contributed by atoms with Crippen molar-refractivity contribution in [3.63, 3.8) is 0 Å². The Morgan fingerprint density at radius 1 is 1.18 bits per heavy atom. The maximum absolute atomic E-state index is 11.9. The third kappa shape index (κ3) is 6.64. The number of nitrogens with zero attached hydrogens (tertiary/aromatic N) is 3. The Bertz CT molecular complexity index is 423. The number of carbonyl (C=O) groups excluding carboxylic acids is 2. The van der Waals surface area contributed by atoms with E-state index >= 15 is 0 Å². The van der Waals surface area contributed by atoms with E-state index in [4.69, 9.17) is 10.5 Å². The quantitative estimate of drug-likeness (QED) is 0.434. The number of carbonyl (C=O) groups is 2. The van der Waals surface area contributed by atoms with Gasteiger partial charge >= 0.3 is 6.09 Å². The van der Waals surface area contributed by atoms with Gasteiger partial charge in [-0.3, -0.25) is 9.79 Å². The Balaban J connectivity index is 2.36. The summed E-state index contributed by atoms with van der Waals surface area (Å²) in [7, 11) is 0. The Hall–Kier alpha value is -1.99. The van der Waals surface area contributed by atoms with Gasteiger partial charge < -0.3 is 25.6 Å². The zero-order chi connectivity index (χ0) is 16.8. The van der Waals surface area contributed by atoms with Gasteiger partial charge in [0.05, 0.1) is 6.54 Å². The average molecular weight is 313 g/mol. The van der Waals surface area contributed by atoms with Crippen LogP contribution in [0.2, 0.25) is 0 Å². The minimum atomic E-state index is -0.488. The number of amides is 2. The molecule has 0 aromatic heterocycles. The molecule has 0 bridgehead atoms. The lowest BCUT2D eigenvalue weighted by atomic mass is 10.2. The molecule has 8 heteroatoms. The van der Waals surface area contributed by atoms with Gasteiger partial charge in [0.1, 0.15) is 5.60 Å². The van der Waals surface area contributed by atoms with Crippen molar-refractivity contribution in [1.29, 1.82) is 0 Å². The Morgan fingerprint density at radius 2 is 1.73 bits per heavy atom. The number of nitrogens with one attached hydrogen (secondary N) is 1. The van der Waals surface area contributed by atoms with E-state index in [1.165, 1.54) is 6.92 Å². The summed E-state index contributed by atoms with van der Waals surface area (Å²) < 4.78 is 5.34. The molecule has 1 aliphatic heterocycles. The van der Waals surface area contributed by atoms with Crippen LogP contribution in [-0.4, -0.2) is 72.6 Å². The number of guanidine groups is 1. The molecule has 0 saturated carbocycles. The highest BCUT2D eigenvalue weighted by molar-refractivity contribution is 5.78. The minimum absolute atomic E-state index is 0.0836. The fourth-order valence-electron chi connectivity index (χ4n) is 1.95. The Kier molecular flexibility index (Phi) is 6.45. The Labute approximate surface area is 131 Å². The molecule has 1 saturated heterocycles. The number of hydrogen-bond donors (Lipinski definition) is 2. The first kappa shape index (κ1) is 18.1. The zero-order valence-electron chi connectivity index (χ0n) is 13.9. The van der Waals surface area contributed by atoms with Crippen LogP contribution < -0.4 is 11.1 Å². The van der Waals surface area contributed by atoms with E-state index in [-0.39, 0.29) is 12.0 Å². The van der Waals surface area contributed by atoms with Gasteiger partial charge in [0.15, 0.2) is 5.96 Å². The fourth-order valence-corrected chi connectivity index (χ4v) is 1.95. The number of rotatable bonds is 3. The predicted molar refractivity (Wildman–Crippen MR) is 84.6 cm³/mol. The normalized spacial score (nSPS) is 16.5. The summed E-state index contributed by atoms with van der Waals surface area (Å²) in [6.07, 6.45) is -0.298. The average Bonchev–Trinajstić information content (AvgIpc) is 2.41. The molecule has 0 aromatic rings. The number of piperazine rings is 1. The molecule has 0 atom stereocenters. The second kappa shape index (κ2) is 7.86. The first-order valence-electron chi connectivity index (χ1n) is 7.46. The Morgan fingerprint density at radius 3 is 2.23 bits per heavy atom. The van der Waals surface area contributed by atoms with Crippen LogP contribution in [-0.2, 0) is 9.53 Å². The summed E-state index contributed by atoms with van der Waals surface area (Å²) in [5.41, 5.74) is 5.43. The van der Waals surface area contributed by atoms with Gasteiger partial charge in [-0.1, -0.05) is 0 Å². The van der Waals surface area contributed by atoms with Crippen LogP contribution in [0, 0.1) is 0 Å². The van der Waals surface area contributed by atoms with Crippen molar-refractivity contribution in [2.45, 2.75) is 33.3 Å². The highest BCUT2D eigenvalue weighted by Crippen LogP contribution is 2.11. The van der Waals surface area contributed by atoms with E-state index in [0.717, 1.165) is 0 Å². The molecule has 0 aliphatic carbocycles. The van der Waals surface area contributed by atoms with E-state index in [1.54, 1.807) is 4.90 Å². The number of aliphatic imine (C=N–C) groups is 1. The van der Waals surface area contributed by atoms with Crippen molar-refractivity contribution >= 4 is 18.0 Å². The first-order chi connectivity index (χ1) is 10.2. The van der Waals surface area contributed by atoms with Crippen molar-refractivity contribution < 1.29 is 14.3 Å². The smallest absolute Gasteiger partial charge is 0.410 e. The molecule has 22 heavy (non-hydrogen) atoms. The van der Waals surface area contributed by atoms with Gasteiger partial charge in [-0.15, -0.1) is 0 Å². The second-order valence-corrected chi connectivity index (χ2v) is 6.18. The third-order valence-electron chi connectivity index (χ3n) is 3.01. The van der Waals surface area contributed by atoms with Gasteiger partial charge in [0.2, 0.25) is 5.91 Å². The third-order valence-corrected chi connectivity index (χ3v) is 3.01. The van der Waals surface area contributed by atoms with Crippen LogP contribution in [0.4, 0.5) is 4.79 Å². The lowest BCUT2D eigenvalue weighted by molar-refractivity contribution is -0.118. The van der Waals surface area contributed by atoms with E-state index in [2.05, 4.69) is 10.3 Å². The largest absolute Gasteiger partial charge is 0.444 e. The van der Waals surface area contributed by atoms with Crippen molar-refractivity contribution in [1.82, 2.24) is 15.1 Å². The van der Waals surface area contributed by atoms with Crippen molar-refractivity contribution in [3.05, 3.63) is 0 Å². The van der Waals surface area contributed by atoms with Crippen LogP contribution in [0.15, 0.2) is 4.99 Å². The molecule has 1 aliphatic rings. The molecule has 126 valence electrons. The lowest BCUT2D eigenvalue weighted by Crippen LogP contribution is -2.53. The molecule has 8 nitrogen and oxygen atoms in total. The highest BCUT2D eigenvalue weighted by Gasteiger charge is 2.26. The molecular weight excluding hydrogens is 286 g/mol. The molecule has 0 radical (unpaired) electrons. The van der Waals surface area contributed by atoms with Crippen LogP contribution in [0.3, 0.4) is 0 Å². The van der Waals surface area contributed by atoms with Crippen molar-refractivity contribution in [2.24, 2.45) is 10.7 Å². The maximum atomic E-state index is 11.9. The van der Waals surface area contributed by atoms with Gasteiger partial charge in [-0.2, -0.15) is 0 Å². The molecule has 1 rings (SSSR count). The summed E-state index contributed by atoms with van der Waals surface area (Å²) >= 11 is 0. The topological polar surface area (TPSA) is 100 Å². The number of ether oxygens (including phenoxy) is 1. The molecule has 0 aromatic carbocycles. The summed E-state index contributed by atoms with van der Waals surface area (Å²) in [4.78, 5) is 30.5. The van der Waals surface area contributed by atoms with Gasteiger partial charge in [-0.25, -0.2) is 4.79 Å². The highest BCUT2D eigenvalue weighted by atomic mass is 16.6. The molecule has 1 fully saturated rings. The van der Waals surface area contributed by atoms with E-state index in [1.807, 2.05) is 25.7 Å². The van der Waals surface area contributed by atoms with Crippen molar-refractivity contribution in [2.75, 3.05) is 39.3 Å². The first-order valence-corrected chi connectivity index (χ1v) is 7.46. The van der Waals surface area contributed by atoms with E-state index in [9.17, 15) is 9.59 Å². The molecule has 0 unspecified atom stereocenters. The molecule has 2 amide bonds. The maximum Gasteiger partial charge on any atom is 0.410 e. The zero-order valence-corrected chi connectivity index (χ0v) is 13.9. The van der Waals surface area contributed by atoms with E-state index in [0.29, 0.717) is 45.2 Å². The minimum Gasteiger partial charge on any atom is -0.444 e. The van der Waals surface area contributed by atoms with Crippen LogP contribution in [0.5, 0.6) is 0 Å². The SMILES string of the molecule is CC(=O)NCCN=C(N)N1CCN(C(=O)OC(C)(C)C)CC1. The summed E-state index contributed by atoms with van der Waals surface area (Å²) in [5, 5.41) is 2.66. The molecule has 1 heterocycles. The van der Waals surface area contributed by atoms with Gasteiger partial charge in [-0.05, 0) is 20.8 Å². The second-order valence-electron chi connectivity index (χ2n) is 6.18. The summed E-state index contributed by atoms with van der Waals surface area (Å²) in [6.45, 7) is 10.3. The molecule has 3 N–H and O–H groups in total. The summed E-state index contributed by atoms with van der Waals surface area (Å²) in [5.74, 6) is 0.355. The van der Waals surface area contributed by atoms with Gasteiger partial charge in [0.25, 0.3) is 0 Å². The molecule has 0 spiro atoms. The van der Waals surface area contributed by atoms with Gasteiger partial charge in [0, 0.05) is 39.6 Å². The monoisotopic (exact) mass is 313 g/mol. The lowest BCUT2D eigenvalue weighted by Gasteiger charge is -2.36. The standard InChI is InChI=1S/C14H27N5O3/c1-11(20)16-5-6-17-12(15)18-7-9-19(10-8-18)13(21)22-14(2,3)4/h5-10H2,1-4H3,(H2,15,17)(H,16,20). The molecular formula is C14H27N5O3. The van der Waals surface area contributed by atoms with E-state index < -0.39 is 5.60 Å². The van der Waals surface area contributed by atoms with Crippen molar-refractivity contribution in [3.8, 4) is 0 Å².